The number of nitrogens with zero attached hydrogens (tertiary/aromatic N) is 1. The molecule has 0 spiro atoms. The molecular formula is C20H23NO7. The summed E-state index contributed by atoms with van der Waals surface area (Å²) in [5.41, 5.74) is 1.56. The van der Waals surface area contributed by atoms with Crippen molar-refractivity contribution in [3.8, 4) is 17.2 Å². The third kappa shape index (κ3) is 6.99. The Balaban J connectivity index is 0.000000330. The first-order chi connectivity index (χ1) is 13.3. The minimum absolute atomic E-state index is 0.0494. The third-order valence-electron chi connectivity index (χ3n) is 3.52. The molecule has 0 amide bonds. The molecule has 150 valence electrons. The zero-order chi connectivity index (χ0) is 21.1. The smallest absolute Gasteiger partial charge is 0.331 e. The number of pyridine rings is 1. The molecule has 1 aromatic carbocycles. The van der Waals surface area contributed by atoms with E-state index in [4.69, 9.17) is 24.4 Å². The molecule has 2 N–H and O–H groups in total. The summed E-state index contributed by atoms with van der Waals surface area (Å²) in [6, 6.07) is 6.78. The Hall–Kier alpha value is -3.55. The van der Waals surface area contributed by atoms with Crippen LogP contribution >= 0.6 is 0 Å². The maximum absolute atomic E-state index is 10.8. The Morgan fingerprint density at radius 1 is 1.04 bits per heavy atom. The molecular weight excluding hydrogens is 366 g/mol. The van der Waals surface area contributed by atoms with E-state index >= 15 is 0 Å². The summed E-state index contributed by atoms with van der Waals surface area (Å²) in [4.78, 5) is 24.7. The number of hydrogen-bond acceptors (Lipinski definition) is 6. The lowest BCUT2D eigenvalue weighted by Gasteiger charge is -2.12. The first-order valence-corrected chi connectivity index (χ1v) is 8.14. The van der Waals surface area contributed by atoms with Gasteiger partial charge in [0.1, 0.15) is 5.75 Å². The monoisotopic (exact) mass is 389 g/mol. The van der Waals surface area contributed by atoms with Crippen LogP contribution in [-0.2, 0) is 16.0 Å². The van der Waals surface area contributed by atoms with Crippen molar-refractivity contribution in [3.05, 3.63) is 53.4 Å². The normalized spacial score (nSPS) is 10.4. The Morgan fingerprint density at radius 2 is 1.64 bits per heavy atom. The van der Waals surface area contributed by atoms with Gasteiger partial charge in [0, 0.05) is 29.6 Å². The lowest BCUT2D eigenvalue weighted by atomic mass is 10.1. The SMILES string of the molecule is COc1cc(OC)c(OC)cc1C=C(C)C(=O)O.O=C(O)Cc1cccnc1. The highest BCUT2D eigenvalue weighted by Gasteiger charge is 2.11. The van der Waals surface area contributed by atoms with Crippen molar-refractivity contribution < 1.29 is 34.0 Å². The number of carboxylic acids is 2. The van der Waals surface area contributed by atoms with Crippen LogP contribution in [0.2, 0.25) is 0 Å². The van der Waals surface area contributed by atoms with Gasteiger partial charge in [-0.2, -0.15) is 0 Å². The first-order valence-electron chi connectivity index (χ1n) is 8.14. The minimum Gasteiger partial charge on any atom is -0.496 e. The van der Waals surface area contributed by atoms with E-state index in [0.717, 1.165) is 5.56 Å². The molecule has 2 aromatic rings. The van der Waals surface area contributed by atoms with Gasteiger partial charge in [-0.15, -0.1) is 0 Å². The third-order valence-corrected chi connectivity index (χ3v) is 3.52. The van der Waals surface area contributed by atoms with Gasteiger partial charge in [0.2, 0.25) is 0 Å². The molecule has 0 aliphatic rings. The average Bonchev–Trinajstić information content (AvgIpc) is 2.68. The summed E-state index contributed by atoms with van der Waals surface area (Å²) in [7, 11) is 4.55. The van der Waals surface area contributed by atoms with Crippen LogP contribution in [0.4, 0.5) is 0 Å². The highest BCUT2D eigenvalue weighted by atomic mass is 16.5. The first kappa shape index (κ1) is 22.5. The van der Waals surface area contributed by atoms with Gasteiger partial charge in [-0.3, -0.25) is 9.78 Å². The summed E-state index contributed by atoms with van der Waals surface area (Å²) in [5.74, 6) is -0.240. The van der Waals surface area contributed by atoms with Crippen LogP contribution in [0.5, 0.6) is 17.2 Å². The fourth-order valence-corrected chi connectivity index (χ4v) is 2.14. The predicted octanol–water partition coefficient (Wildman–Crippen LogP) is 2.91. The van der Waals surface area contributed by atoms with E-state index in [0.29, 0.717) is 22.8 Å². The zero-order valence-electron chi connectivity index (χ0n) is 16.1. The van der Waals surface area contributed by atoms with Crippen molar-refractivity contribution in [1.82, 2.24) is 4.98 Å². The number of hydrogen-bond donors (Lipinski definition) is 2. The van der Waals surface area contributed by atoms with Crippen molar-refractivity contribution in [2.75, 3.05) is 21.3 Å². The van der Waals surface area contributed by atoms with Gasteiger partial charge in [-0.1, -0.05) is 6.07 Å². The zero-order valence-corrected chi connectivity index (χ0v) is 16.1. The van der Waals surface area contributed by atoms with Crippen LogP contribution in [0.25, 0.3) is 6.08 Å². The molecule has 8 nitrogen and oxygen atoms in total. The molecule has 0 radical (unpaired) electrons. The fourth-order valence-electron chi connectivity index (χ4n) is 2.14. The fraction of sp³-hybridized carbons (Fsp3) is 0.250. The summed E-state index contributed by atoms with van der Waals surface area (Å²) in [6.07, 6.45) is 4.73. The van der Waals surface area contributed by atoms with Crippen molar-refractivity contribution in [2.24, 2.45) is 0 Å². The Kier molecular flexibility index (Phi) is 9.02. The predicted molar refractivity (Wildman–Crippen MR) is 103 cm³/mol. The van der Waals surface area contributed by atoms with Gasteiger partial charge in [0.15, 0.2) is 11.5 Å². The molecule has 1 aromatic heterocycles. The number of benzene rings is 1. The van der Waals surface area contributed by atoms with Crippen molar-refractivity contribution in [2.45, 2.75) is 13.3 Å². The Bertz CT molecular complexity index is 832. The van der Waals surface area contributed by atoms with E-state index in [-0.39, 0.29) is 12.0 Å². The summed E-state index contributed by atoms with van der Waals surface area (Å²) in [6.45, 7) is 1.51. The second kappa shape index (κ2) is 11.2. The number of aromatic nitrogens is 1. The molecule has 0 fully saturated rings. The standard InChI is InChI=1S/C13H16O5.C7H7NO2/c1-8(13(14)15)5-9-6-11(17-3)12(18-4)7-10(9)16-2;9-7(10)4-6-2-1-3-8-5-6/h5-7H,1-4H3,(H,14,15);1-3,5H,4H2,(H,9,10). The molecule has 0 aliphatic heterocycles. The molecule has 1 heterocycles. The van der Waals surface area contributed by atoms with Crippen LogP contribution in [0, 0.1) is 0 Å². The van der Waals surface area contributed by atoms with Crippen molar-refractivity contribution in [1.29, 1.82) is 0 Å². The van der Waals surface area contributed by atoms with E-state index in [2.05, 4.69) is 4.98 Å². The highest BCUT2D eigenvalue weighted by molar-refractivity contribution is 5.92. The van der Waals surface area contributed by atoms with Gasteiger partial charge >= 0.3 is 11.9 Å². The number of methoxy groups -OCH3 is 3. The summed E-state index contributed by atoms with van der Waals surface area (Å²) >= 11 is 0. The number of rotatable bonds is 7. The maximum Gasteiger partial charge on any atom is 0.331 e. The largest absolute Gasteiger partial charge is 0.496 e. The van der Waals surface area contributed by atoms with Crippen LogP contribution < -0.4 is 14.2 Å². The Labute approximate surface area is 163 Å². The summed E-state index contributed by atoms with van der Waals surface area (Å²) < 4.78 is 15.5. The average molecular weight is 389 g/mol. The van der Waals surface area contributed by atoms with Crippen LogP contribution in [-0.4, -0.2) is 48.5 Å². The molecule has 0 unspecified atom stereocenters. The van der Waals surface area contributed by atoms with Crippen LogP contribution in [0.15, 0.2) is 42.2 Å². The molecule has 0 aliphatic carbocycles. The lowest BCUT2D eigenvalue weighted by Crippen LogP contribution is -1.99. The van der Waals surface area contributed by atoms with Crippen LogP contribution in [0.3, 0.4) is 0 Å². The van der Waals surface area contributed by atoms with E-state index < -0.39 is 11.9 Å². The number of aliphatic carboxylic acids is 2. The summed E-state index contributed by atoms with van der Waals surface area (Å²) in [5, 5.41) is 17.2. The minimum atomic E-state index is -0.980. The quantitative estimate of drug-likeness (QED) is 0.695. The number of ether oxygens (including phenoxy) is 3. The van der Waals surface area contributed by atoms with E-state index in [1.807, 2.05) is 0 Å². The number of carboxylic acid groups (broad SMARTS) is 2. The second-order valence-electron chi connectivity index (χ2n) is 5.51. The van der Waals surface area contributed by atoms with Crippen LogP contribution in [0.1, 0.15) is 18.1 Å². The van der Waals surface area contributed by atoms with Gasteiger partial charge in [0.25, 0.3) is 0 Å². The van der Waals surface area contributed by atoms with Crippen molar-refractivity contribution in [3.63, 3.8) is 0 Å². The van der Waals surface area contributed by atoms with E-state index in [1.165, 1.54) is 34.3 Å². The molecule has 0 saturated carbocycles. The van der Waals surface area contributed by atoms with Gasteiger partial charge in [-0.05, 0) is 30.7 Å². The molecule has 28 heavy (non-hydrogen) atoms. The topological polar surface area (TPSA) is 115 Å². The molecule has 0 bridgehead atoms. The van der Waals surface area contributed by atoms with E-state index in [9.17, 15) is 9.59 Å². The lowest BCUT2D eigenvalue weighted by molar-refractivity contribution is -0.136. The van der Waals surface area contributed by atoms with E-state index in [1.54, 1.807) is 36.7 Å². The molecule has 0 saturated heterocycles. The van der Waals surface area contributed by atoms with Gasteiger partial charge in [-0.25, -0.2) is 4.79 Å². The van der Waals surface area contributed by atoms with Gasteiger partial charge < -0.3 is 24.4 Å². The van der Waals surface area contributed by atoms with Gasteiger partial charge in [0.05, 0.1) is 27.8 Å². The highest BCUT2D eigenvalue weighted by Crippen LogP contribution is 2.35. The number of carbonyl (C=O) groups is 2. The Morgan fingerprint density at radius 3 is 2.11 bits per heavy atom. The molecule has 2 rings (SSSR count). The second-order valence-corrected chi connectivity index (χ2v) is 5.51. The maximum atomic E-state index is 10.8. The molecule has 8 heteroatoms. The molecule has 0 atom stereocenters. The van der Waals surface area contributed by atoms with Crippen molar-refractivity contribution >= 4 is 18.0 Å².